The number of benzene rings is 1. The van der Waals surface area contributed by atoms with E-state index in [1.54, 1.807) is 25.1 Å². The molecule has 1 aromatic heterocycles. The minimum Gasteiger partial charge on any atom is -0.435 e. The van der Waals surface area contributed by atoms with E-state index < -0.39 is 5.82 Å². The van der Waals surface area contributed by atoms with E-state index in [4.69, 9.17) is 10.6 Å². The molecular weight excluding hydrogens is 259 g/mol. The van der Waals surface area contributed by atoms with Crippen LogP contribution in [0.1, 0.15) is 24.5 Å². The van der Waals surface area contributed by atoms with Crippen LogP contribution in [0.2, 0.25) is 0 Å². The third-order valence-corrected chi connectivity index (χ3v) is 2.91. The summed E-state index contributed by atoms with van der Waals surface area (Å²) >= 11 is 0. The molecule has 0 spiro atoms. The van der Waals surface area contributed by atoms with Crippen LogP contribution in [-0.4, -0.2) is 9.97 Å². The first-order valence-electron chi connectivity index (χ1n) is 6.40. The molecule has 20 heavy (non-hydrogen) atoms. The van der Waals surface area contributed by atoms with Crippen LogP contribution >= 0.6 is 0 Å². The Morgan fingerprint density at radius 1 is 1.35 bits per heavy atom. The summed E-state index contributed by atoms with van der Waals surface area (Å²) in [6, 6.07) is 4.98. The smallest absolute Gasteiger partial charge is 0.227 e. The zero-order valence-corrected chi connectivity index (χ0v) is 11.5. The fourth-order valence-corrected chi connectivity index (χ4v) is 1.89. The number of nitrogen functional groups attached to an aromatic ring is 1. The maximum absolute atomic E-state index is 14.0. The monoisotopic (exact) mass is 276 g/mol. The summed E-state index contributed by atoms with van der Waals surface area (Å²) in [6.45, 7) is 3.70. The summed E-state index contributed by atoms with van der Waals surface area (Å²) in [5, 5.41) is 0. The topological polar surface area (TPSA) is 73.1 Å². The fourth-order valence-electron chi connectivity index (χ4n) is 1.89. The van der Waals surface area contributed by atoms with Crippen molar-refractivity contribution in [3.05, 3.63) is 41.5 Å². The molecule has 0 bridgehead atoms. The Morgan fingerprint density at radius 3 is 2.85 bits per heavy atom. The molecule has 0 aliphatic rings. The van der Waals surface area contributed by atoms with Crippen molar-refractivity contribution < 1.29 is 9.13 Å². The minimum absolute atomic E-state index is 0.143. The number of nitrogens with zero attached hydrogens (tertiary/aromatic N) is 2. The van der Waals surface area contributed by atoms with E-state index in [1.807, 2.05) is 6.92 Å². The number of rotatable bonds is 5. The lowest BCUT2D eigenvalue weighted by molar-refractivity contribution is 0.419. The van der Waals surface area contributed by atoms with E-state index >= 15 is 0 Å². The molecule has 1 heterocycles. The van der Waals surface area contributed by atoms with E-state index in [9.17, 15) is 4.39 Å². The van der Waals surface area contributed by atoms with E-state index in [1.165, 1.54) is 6.33 Å². The van der Waals surface area contributed by atoms with Gasteiger partial charge in [0.1, 0.15) is 12.1 Å². The van der Waals surface area contributed by atoms with Crippen molar-refractivity contribution in [1.82, 2.24) is 9.97 Å². The van der Waals surface area contributed by atoms with Crippen LogP contribution in [-0.2, 0) is 6.42 Å². The minimum atomic E-state index is -0.393. The quantitative estimate of drug-likeness (QED) is 0.649. The van der Waals surface area contributed by atoms with Crippen molar-refractivity contribution in [3.63, 3.8) is 0 Å². The first kappa shape index (κ1) is 14.2. The second kappa shape index (κ2) is 6.29. The van der Waals surface area contributed by atoms with E-state index in [-0.39, 0.29) is 5.75 Å². The average Bonchev–Trinajstić information content (AvgIpc) is 2.46. The number of hydrogen-bond acceptors (Lipinski definition) is 5. The Hall–Kier alpha value is -2.21. The summed E-state index contributed by atoms with van der Waals surface area (Å²) in [5.41, 5.74) is 3.76. The summed E-state index contributed by atoms with van der Waals surface area (Å²) in [7, 11) is 0. The standard InChI is InChI=1S/C14H17FN4O/c1-3-5-10-13(19-16)17-8-18-14(10)20-11-7-4-6-9(2)12(11)15/h4,6-8H,3,5,16H2,1-2H3,(H,17,18,19). The van der Waals surface area contributed by atoms with Gasteiger partial charge in [-0.05, 0) is 25.0 Å². The molecule has 0 aliphatic carbocycles. The number of hydrazine groups is 1. The zero-order chi connectivity index (χ0) is 14.5. The van der Waals surface area contributed by atoms with Crippen molar-refractivity contribution in [1.29, 1.82) is 0 Å². The van der Waals surface area contributed by atoms with Crippen LogP contribution in [0.5, 0.6) is 11.6 Å². The highest BCUT2D eigenvalue weighted by Crippen LogP contribution is 2.30. The van der Waals surface area contributed by atoms with Gasteiger partial charge in [0.05, 0.1) is 5.56 Å². The van der Waals surface area contributed by atoms with Gasteiger partial charge in [0, 0.05) is 0 Å². The molecule has 0 fully saturated rings. The largest absolute Gasteiger partial charge is 0.435 e. The lowest BCUT2D eigenvalue weighted by Crippen LogP contribution is -2.12. The number of hydrogen-bond donors (Lipinski definition) is 2. The maximum atomic E-state index is 14.0. The first-order chi connectivity index (χ1) is 9.67. The molecule has 6 heteroatoms. The number of nitrogens with two attached hydrogens (primary N) is 1. The van der Waals surface area contributed by atoms with Gasteiger partial charge in [-0.2, -0.15) is 0 Å². The number of nitrogens with one attached hydrogen (secondary N) is 1. The summed E-state index contributed by atoms with van der Waals surface area (Å²) in [6.07, 6.45) is 2.88. The number of halogens is 1. The van der Waals surface area contributed by atoms with Crippen molar-refractivity contribution in [2.24, 2.45) is 5.84 Å². The van der Waals surface area contributed by atoms with Gasteiger partial charge in [-0.15, -0.1) is 0 Å². The van der Waals surface area contributed by atoms with E-state index in [0.29, 0.717) is 23.7 Å². The van der Waals surface area contributed by atoms with Gasteiger partial charge >= 0.3 is 0 Å². The molecule has 1 aromatic carbocycles. The predicted molar refractivity (Wildman–Crippen MR) is 75.0 cm³/mol. The van der Waals surface area contributed by atoms with Crippen molar-refractivity contribution in [2.45, 2.75) is 26.7 Å². The molecule has 2 rings (SSSR count). The Labute approximate surface area is 117 Å². The first-order valence-corrected chi connectivity index (χ1v) is 6.40. The number of aryl methyl sites for hydroxylation is 1. The van der Waals surface area contributed by atoms with Gasteiger partial charge in [-0.25, -0.2) is 20.2 Å². The zero-order valence-electron chi connectivity index (χ0n) is 11.5. The third kappa shape index (κ3) is 2.85. The highest BCUT2D eigenvalue weighted by atomic mass is 19.1. The second-order valence-electron chi connectivity index (χ2n) is 4.39. The molecule has 0 saturated heterocycles. The van der Waals surface area contributed by atoms with Crippen molar-refractivity contribution in [2.75, 3.05) is 5.43 Å². The Balaban J connectivity index is 2.40. The molecule has 0 amide bonds. The molecule has 2 aromatic rings. The normalized spacial score (nSPS) is 10.4. The highest BCUT2D eigenvalue weighted by molar-refractivity contribution is 5.49. The van der Waals surface area contributed by atoms with Crippen LogP contribution in [0.15, 0.2) is 24.5 Å². The third-order valence-electron chi connectivity index (χ3n) is 2.91. The molecule has 0 atom stereocenters. The second-order valence-corrected chi connectivity index (χ2v) is 4.39. The lowest BCUT2D eigenvalue weighted by atomic mass is 10.1. The molecular formula is C14H17FN4O. The molecule has 0 unspecified atom stereocenters. The number of ether oxygens (including phenoxy) is 1. The van der Waals surface area contributed by atoms with Crippen LogP contribution in [0.3, 0.4) is 0 Å². The van der Waals surface area contributed by atoms with Gasteiger partial charge in [-0.1, -0.05) is 25.5 Å². The van der Waals surface area contributed by atoms with E-state index in [0.717, 1.165) is 12.0 Å². The fraction of sp³-hybridized carbons (Fsp3) is 0.286. The Morgan fingerprint density at radius 2 is 2.15 bits per heavy atom. The summed E-state index contributed by atoms with van der Waals surface area (Å²) in [4.78, 5) is 8.11. The predicted octanol–water partition coefficient (Wildman–Crippen LogP) is 2.95. The van der Waals surface area contributed by atoms with Crippen LogP contribution in [0.25, 0.3) is 0 Å². The number of anilines is 1. The maximum Gasteiger partial charge on any atom is 0.227 e. The molecule has 0 radical (unpaired) electrons. The molecule has 0 aliphatic heterocycles. The van der Waals surface area contributed by atoms with E-state index in [2.05, 4.69) is 15.4 Å². The Bertz CT molecular complexity index is 604. The molecule has 0 saturated carbocycles. The van der Waals surface area contributed by atoms with Gasteiger partial charge in [0.15, 0.2) is 11.6 Å². The van der Waals surface area contributed by atoms with Crippen molar-refractivity contribution >= 4 is 5.82 Å². The van der Waals surface area contributed by atoms with Crippen LogP contribution < -0.4 is 16.0 Å². The Kier molecular flexibility index (Phi) is 4.47. The van der Waals surface area contributed by atoms with Gasteiger partial charge in [0.2, 0.25) is 5.88 Å². The van der Waals surface area contributed by atoms with Gasteiger partial charge in [-0.3, -0.25) is 0 Å². The highest BCUT2D eigenvalue weighted by Gasteiger charge is 2.14. The summed E-state index contributed by atoms with van der Waals surface area (Å²) in [5.74, 6) is 5.99. The van der Waals surface area contributed by atoms with Gasteiger partial charge in [0.25, 0.3) is 0 Å². The van der Waals surface area contributed by atoms with Crippen molar-refractivity contribution in [3.8, 4) is 11.6 Å². The van der Waals surface area contributed by atoms with Crippen LogP contribution in [0.4, 0.5) is 10.2 Å². The lowest BCUT2D eigenvalue weighted by Gasteiger charge is -2.13. The average molecular weight is 276 g/mol. The SMILES string of the molecule is CCCc1c(NN)ncnc1Oc1cccc(C)c1F. The van der Waals surface area contributed by atoms with Crippen LogP contribution in [0, 0.1) is 12.7 Å². The van der Waals surface area contributed by atoms with Gasteiger partial charge < -0.3 is 10.2 Å². The molecule has 106 valence electrons. The number of aromatic nitrogens is 2. The summed E-state index contributed by atoms with van der Waals surface area (Å²) < 4.78 is 19.6. The molecule has 3 N–H and O–H groups in total. The molecule has 5 nitrogen and oxygen atoms in total.